The molecule has 1 N–H and O–H groups in total. The van der Waals surface area contributed by atoms with Gasteiger partial charge in [-0.05, 0) is 25.0 Å². The van der Waals surface area contributed by atoms with Gasteiger partial charge in [-0.15, -0.1) is 0 Å². The maximum absolute atomic E-state index is 13.1. The minimum absolute atomic E-state index is 0.161. The topological polar surface area (TPSA) is 57.6 Å². The summed E-state index contributed by atoms with van der Waals surface area (Å²) in [6, 6.07) is 0.280. The van der Waals surface area contributed by atoms with Crippen molar-refractivity contribution in [3.05, 3.63) is 29.6 Å². The maximum Gasteiger partial charge on any atom is 0.243 e. The lowest BCUT2D eigenvalue weighted by Crippen LogP contribution is -2.37. The third-order valence-corrected chi connectivity index (χ3v) is 5.03. The molecule has 0 amide bonds. The molecule has 1 aliphatic rings. The van der Waals surface area contributed by atoms with Crippen LogP contribution in [-0.4, -0.2) is 37.0 Å². The number of aliphatic hydroxyl groups is 1. The summed E-state index contributed by atoms with van der Waals surface area (Å²) in [5.41, 5.74) is 0. The summed E-state index contributed by atoms with van der Waals surface area (Å²) in [6.45, 7) is -0.209. The first-order valence-electron chi connectivity index (χ1n) is 5.65. The van der Waals surface area contributed by atoms with Crippen LogP contribution in [-0.2, 0) is 10.0 Å². The lowest BCUT2D eigenvalue weighted by molar-refractivity contribution is 0.213. The third kappa shape index (κ3) is 2.47. The highest BCUT2D eigenvalue weighted by Gasteiger charge is 2.35. The first kappa shape index (κ1) is 14.3. The van der Waals surface area contributed by atoms with Crippen LogP contribution in [0.1, 0.15) is 12.8 Å². The summed E-state index contributed by atoms with van der Waals surface area (Å²) in [6.07, 6.45) is 1.03. The van der Waals surface area contributed by atoms with Gasteiger partial charge >= 0.3 is 0 Å². The molecule has 1 saturated heterocycles. The third-order valence-electron chi connectivity index (χ3n) is 3.10. The first-order valence-corrected chi connectivity index (χ1v) is 7.09. The number of nitrogens with zero attached hydrogens (tertiary/aromatic N) is 1. The average molecular weight is 295 g/mol. The minimum atomic E-state index is -4.14. The van der Waals surface area contributed by atoms with E-state index in [4.69, 9.17) is 5.11 Å². The molecule has 0 radical (unpaired) electrons. The van der Waals surface area contributed by atoms with Crippen molar-refractivity contribution in [1.82, 2.24) is 4.31 Å². The fourth-order valence-electron chi connectivity index (χ4n) is 2.12. The fraction of sp³-hybridized carbons (Fsp3) is 0.455. The van der Waals surface area contributed by atoms with Crippen molar-refractivity contribution in [2.75, 3.05) is 13.2 Å². The molecule has 1 aliphatic heterocycles. The van der Waals surface area contributed by atoms with E-state index in [1.54, 1.807) is 0 Å². The minimum Gasteiger partial charge on any atom is -0.395 e. The number of hydrogen-bond acceptors (Lipinski definition) is 3. The summed E-state index contributed by atoms with van der Waals surface area (Å²) < 4.78 is 64.3. The van der Waals surface area contributed by atoms with E-state index in [1.165, 1.54) is 0 Å². The van der Waals surface area contributed by atoms with Gasteiger partial charge in [0.05, 0.1) is 11.5 Å². The van der Waals surface area contributed by atoms with Crippen molar-refractivity contribution >= 4 is 10.0 Å². The Balaban J connectivity index is 2.45. The molecule has 2 rings (SSSR count). The van der Waals surface area contributed by atoms with Crippen molar-refractivity contribution in [3.8, 4) is 0 Å². The summed E-state index contributed by atoms with van der Waals surface area (Å²) in [4.78, 5) is -0.649. The lowest BCUT2D eigenvalue weighted by Gasteiger charge is -2.22. The van der Waals surface area contributed by atoms with Crippen LogP contribution in [0.25, 0.3) is 0 Å². The summed E-state index contributed by atoms with van der Waals surface area (Å²) in [5, 5.41) is 9.09. The van der Waals surface area contributed by atoms with Crippen LogP contribution >= 0.6 is 0 Å². The number of aliphatic hydroxyl groups excluding tert-OH is 1. The molecule has 0 unspecified atom stereocenters. The van der Waals surface area contributed by atoms with Crippen LogP contribution in [0.2, 0.25) is 0 Å². The predicted molar refractivity (Wildman–Crippen MR) is 60.3 cm³/mol. The van der Waals surface area contributed by atoms with E-state index in [0.29, 0.717) is 25.0 Å². The van der Waals surface area contributed by atoms with Crippen LogP contribution < -0.4 is 0 Å². The quantitative estimate of drug-likeness (QED) is 0.854. The second-order valence-corrected chi connectivity index (χ2v) is 6.19. The second-order valence-electron chi connectivity index (χ2n) is 4.30. The Morgan fingerprint density at radius 3 is 2.37 bits per heavy atom. The van der Waals surface area contributed by atoms with Crippen molar-refractivity contribution in [1.29, 1.82) is 0 Å². The predicted octanol–water partition coefficient (Wildman–Crippen LogP) is 1.25. The summed E-state index contributed by atoms with van der Waals surface area (Å²) in [5.74, 6) is -4.82. The zero-order valence-corrected chi connectivity index (χ0v) is 10.6. The molecule has 1 fully saturated rings. The molecule has 0 saturated carbocycles. The number of rotatable bonds is 3. The van der Waals surface area contributed by atoms with Crippen molar-refractivity contribution in [2.45, 2.75) is 23.8 Å². The number of benzene rings is 1. The van der Waals surface area contributed by atoms with E-state index in [9.17, 15) is 21.6 Å². The summed E-state index contributed by atoms with van der Waals surface area (Å²) >= 11 is 0. The van der Waals surface area contributed by atoms with Gasteiger partial charge in [0.2, 0.25) is 10.0 Å². The normalized spacial score (nSPS) is 20.9. The van der Waals surface area contributed by atoms with Gasteiger partial charge in [-0.3, -0.25) is 0 Å². The molecule has 1 atom stereocenters. The highest BCUT2D eigenvalue weighted by Crippen LogP contribution is 2.27. The Labute approximate surface area is 108 Å². The summed E-state index contributed by atoms with van der Waals surface area (Å²) in [7, 11) is -4.14. The standard InChI is InChI=1S/C11H12F3NO3S/c12-9-4-8(5-10(13)11(9)14)19(17,18)15-3-1-2-7(15)6-16/h4-5,7,16H,1-3,6H2/t7-/m0/s1. The van der Waals surface area contributed by atoms with Crippen LogP contribution in [0.3, 0.4) is 0 Å². The van der Waals surface area contributed by atoms with E-state index in [0.717, 1.165) is 4.31 Å². The zero-order chi connectivity index (χ0) is 14.2. The van der Waals surface area contributed by atoms with Crippen molar-refractivity contribution in [3.63, 3.8) is 0 Å². The molecule has 0 aromatic heterocycles. The average Bonchev–Trinajstić information content (AvgIpc) is 2.84. The van der Waals surface area contributed by atoms with Crippen LogP contribution in [0.5, 0.6) is 0 Å². The SMILES string of the molecule is O=S(=O)(c1cc(F)c(F)c(F)c1)N1CCC[C@H]1CO. The number of halogens is 3. The molecule has 19 heavy (non-hydrogen) atoms. The Bertz CT molecular complexity index is 568. The second kappa shape index (κ2) is 5.10. The van der Waals surface area contributed by atoms with E-state index >= 15 is 0 Å². The zero-order valence-electron chi connectivity index (χ0n) is 9.81. The van der Waals surface area contributed by atoms with E-state index in [-0.39, 0.29) is 13.2 Å². The molecule has 0 aliphatic carbocycles. The van der Waals surface area contributed by atoms with E-state index < -0.39 is 38.4 Å². The molecule has 1 aromatic carbocycles. The van der Waals surface area contributed by atoms with Crippen LogP contribution in [0.15, 0.2) is 17.0 Å². The number of hydrogen-bond donors (Lipinski definition) is 1. The first-order chi connectivity index (χ1) is 8.87. The van der Waals surface area contributed by atoms with Gasteiger partial charge in [0.1, 0.15) is 0 Å². The Hall–Kier alpha value is -1.12. The Morgan fingerprint density at radius 1 is 1.26 bits per heavy atom. The van der Waals surface area contributed by atoms with Gasteiger partial charge in [0.25, 0.3) is 0 Å². The smallest absolute Gasteiger partial charge is 0.243 e. The van der Waals surface area contributed by atoms with Gasteiger partial charge in [-0.1, -0.05) is 0 Å². The molecule has 106 valence electrons. The van der Waals surface area contributed by atoms with E-state index in [1.807, 2.05) is 0 Å². The fourth-order valence-corrected chi connectivity index (χ4v) is 3.83. The van der Waals surface area contributed by atoms with Crippen molar-refractivity contribution in [2.24, 2.45) is 0 Å². The van der Waals surface area contributed by atoms with Gasteiger partial charge < -0.3 is 5.11 Å². The van der Waals surface area contributed by atoms with Crippen LogP contribution in [0.4, 0.5) is 13.2 Å². The lowest BCUT2D eigenvalue weighted by atomic mass is 10.2. The molecule has 0 spiro atoms. The van der Waals surface area contributed by atoms with Gasteiger partial charge in [-0.25, -0.2) is 21.6 Å². The van der Waals surface area contributed by atoms with Gasteiger partial charge in [0.15, 0.2) is 17.5 Å². The highest BCUT2D eigenvalue weighted by molar-refractivity contribution is 7.89. The monoisotopic (exact) mass is 295 g/mol. The molecular formula is C11H12F3NO3S. The maximum atomic E-state index is 13.1. The van der Waals surface area contributed by atoms with Crippen LogP contribution in [0, 0.1) is 17.5 Å². The van der Waals surface area contributed by atoms with E-state index in [2.05, 4.69) is 0 Å². The molecule has 4 nitrogen and oxygen atoms in total. The number of sulfonamides is 1. The molecule has 1 heterocycles. The molecule has 8 heteroatoms. The van der Waals surface area contributed by atoms with Gasteiger partial charge in [-0.2, -0.15) is 4.31 Å². The molecular weight excluding hydrogens is 283 g/mol. The Morgan fingerprint density at radius 2 is 1.84 bits per heavy atom. The van der Waals surface area contributed by atoms with Gasteiger partial charge in [0, 0.05) is 12.6 Å². The highest BCUT2D eigenvalue weighted by atomic mass is 32.2. The van der Waals surface area contributed by atoms with Crippen molar-refractivity contribution < 1.29 is 26.7 Å². The molecule has 0 bridgehead atoms. The molecule has 1 aromatic rings. The largest absolute Gasteiger partial charge is 0.395 e. The Kier molecular flexibility index (Phi) is 3.84.